The van der Waals surface area contributed by atoms with E-state index in [1.165, 1.54) is 7.11 Å². The van der Waals surface area contributed by atoms with Crippen molar-refractivity contribution in [1.82, 2.24) is 0 Å². The lowest BCUT2D eigenvalue weighted by Gasteiger charge is -2.04. The molecular formula is C9H16O4S. The van der Waals surface area contributed by atoms with Crippen molar-refractivity contribution in [3.63, 3.8) is 0 Å². The Balaban J connectivity index is 3.30. The van der Waals surface area contributed by atoms with Gasteiger partial charge in [0, 0.05) is 12.2 Å². The molecule has 0 fully saturated rings. The highest BCUT2D eigenvalue weighted by Gasteiger charge is 2.10. The monoisotopic (exact) mass is 220 g/mol. The van der Waals surface area contributed by atoms with Crippen LogP contribution < -0.4 is 0 Å². The van der Waals surface area contributed by atoms with E-state index in [1.54, 1.807) is 18.7 Å². The van der Waals surface area contributed by atoms with Crippen LogP contribution in [0.15, 0.2) is 0 Å². The Labute approximate surface area is 88.0 Å². The zero-order valence-corrected chi connectivity index (χ0v) is 9.30. The zero-order valence-electron chi connectivity index (χ0n) is 8.49. The molecule has 0 aliphatic rings. The summed E-state index contributed by atoms with van der Waals surface area (Å²) in [5.41, 5.74) is 0. The summed E-state index contributed by atoms with van der Waals surface area (Å²) in [4.78, 5) is 21.1. The maximum Gasteiger partial charge on any atom is 0.307 e. The van der Waals surface area contributed by atoms with Gasteiger partial charge in [-0.1, -0.05) is 6.92 Å². The first-order chi connectivity index (χ1) is 6.57. The van der Waals surface area contributed by atoms with E-state index in [-0.39, 0.29) is 11.9 Å². The van der Waals surface area contributed by atoms with Gasteiger partial charge in [-0.2, -0.15) is 11.8 Å². The molecule has 1 atom stereocenters. The van der Waals surface area contributed by atoms with Gasteiger partial charge in [0.15, 0.2) is 0 Å². The van der Waals surface area contributed by atoms with E-state index >= 15 is 0 Å². The summed E-state index contributed by atoms with van der Waals surface area (Å²) >= 11 is 1.55. The molecule has 14 heavy (non-hydrogen) atoms. The molecule has 82 valence electrons. The molecule has 0 radical (unpaired) electrons. The molecule has 0 aromatic heterocycles. The Morgan fingerprint density at radius 1 is 1.50 bits per heavy atom. The number of aliphatic carboxylic acids is 1. The second kappa shape index (κ2) is 7.67. The van der Waals surface area contributed by atoms with Crippen LogP contribution in [-0.4, -0.2) is 35.7 Å². The standard InChI is InChI=1S/C9H16O4S/c1-7(9(11)12)6-14-5-3-4-8(10)13-2/h7H,3-6H2,1-2H3,(H,11,12). The number of thioether (sulfide) groups is 1. The summed E-state index contributed by atoms with van der Waals surface area (Å²) in [6.45, 7) is 1.68. The Morgan fingerprint density at radius 2 is 2.14 bits per heavy atom. The normalized spacial score (nSPS) is 12.1. The largest absolute Gasteiger partial charge is 0.481 e. The second-order valence-corrected chi connectivity index (χ2v) is 4.14. The third-order valence-corrected chi connectivity index (χ3v) is 3.00. The molecule has 5 heteroatoms. The van der Waals surface area contributed by atoms with E-state index in [1.807, 2.05) is 0 Å². The number of esters is 1. The maximum atomic E-state index is 10.7. The Bertz CT molecular complexity index is 193. The van der Waals surface area contributed by atoms with Gasteiger partial charge in [-0.3, -0.25) is 9.59 Å². The average molecular weight is 220 g/mol. The molecule has 0 saturated heterocycles. The van der Waals surface area contributed by atoms with Crippen molar-refractivity contribution in [3.05, 3.63) is 0 Å². The molecule has 1 N–H and O–H groups in total. The maximum absolute atomic E-state index is 10.7. The van der Waals surface area contributed by atoms with Crippen molar-refractivity contribution >= 4 is 23.7 Å². The van der Waals surface area contributed by atoms with E-state index in [0.29, 0.717) is 12.2 Å². The van der Waals surface area contributed by atoms with Crippen LogP contribution in [0.25, 0.3) is 0 Å². The summed E-state index contributed by atoms with van der Waals surface area (Å²) in [5, 5.41) is 8.58. The van der Waals surface area contributed by atoms with Crippen LogP contribution in [-0.2, 0) is 14.3 Å². The van der Waals surface area contributed by atoms with Crippen LogP contribution in [0.5, 0.6) is 0 Å². The van der Waals surface area contributed by atoms with E-state index in [9.17, 15) is 9.59 Å². The molecule has 0 bridgehead atoms. The second-order valence-electron chi connectivity index (χ2n) is 2.99. The molecule has 0 amide bonds. The number of ether oxygens (including phenoxy) is 1. The predicted molar refractivity (Wildman–Crippen MR) is 55.4 cm³/mol. The van der Waals surface area contributed by atoms with Crippen molar-refractivity contribution in [3.8, 4) is 0 Å². The van der Waals surface area contributed by atoms with Gasteiger partial charge in [-0.05, 0) is 12.2 Å². The highest BCUT2D eigenvalue weighted by atomic mass is 32.2. The third kappa shape index (κ3) is 6.77. The number of carbonyl (C=O) groups excluding carboxylic acids is 1. The number of carbonyl (C=O) groups is 2. The van der Waals surface area contributed by atoms with Crippen molar-refractivity contribution in [2.24, 2.45) is 5.92 Å². The third-order valence-electron chi connectivity index (χ3n) is 1.69. The number of hydrogen-bond donors (Lipinski definition) is 1. The molecule has 4 nitrogen and oxygen atoms in total. The van der Waals surface area contributed by atoms with Gasteiger partial charge in [-0.15, -0.1) is 0 Å². The summed E-state index contributed by atoms with van der Waals surface area (Å²) in [7, 11) is 1.36. The topological polar surface area (TPSA) is 63.6 Å². The lowest BCUT2D eigenvalue weighted by molar-refractivity contribution is -0.141. The molecule has 0 saturated carbocycles. The van der Waals surface area contributed by atoms with Crippen molar-refractivity contribution < 1.29 is 19.4 Å². The van der Waals surface area contributed by atoms with Crippen molar-refractivity contribution in [1.29, 1.82) is 0 Å². The van der Waals surface area contributed by atoms with E-state index in [4.69, 9.17) is 5.11 Å². The zero-order chi connectivity index (χ0) is 11.0. The molecule has 0 aliphatic carbocycles. The molecule has 0 aromatic rings. The molecule has 0 aliphatic heterocycles. The van der Waals surface area contributed by atoms with Gasteiger partial charge >= 0.3 is 11.9 Å². The fraction of sp³-hybridized carbons (Fsp3) is 0.778. The molecule has 0 aromatic carbocycles. The van der Waals surface area contributed by atoms with Gasteiger partial charge in [0.1, 0.15) is 0 Å². The molecule has 0 heterocycles. The lowest BCUT2D eigenvalue weighted by Crippen LogP contribution is -2.12. The smallest absolute Gasteiger partial charge is 0.307 e. The lowest BCUT2D eigenvalue weighted by atomic mass is 10.2. The molecule has 0 rings (SSSR count). The van der Waals surface area contributed by atoms with Gasteiger partial charge in [-0.25, -0.2) is 0 Å². The van der Waals surface area contributed by atoms with Gasteiger partial charge in [0.05, 0.1) is 13.0 Å². The van der Waals surface area contributed by atoms with Crippen LogP contribution in [0.4, 0.5) is 0 Å². The van der Waals surface area contributed by atoms with Gasteiger partial charge < -0.3 is 9.84 Å². The minimum absolute atomic E-state index is 0.211. The summed E-state index contributed by atoms with van der Waals surface area (Å²) in [6, 6.07) is 0. The summed E-state index contributed by atoms with van der Waals surface area (Å²) in [6.07, 6.45) is 1.15. The highest BCUT2D eigenvalue weighted by Crippen LogP contribution is 2.10. The van der Waals surface area contributed by atoms with Crippen LogP contribution in [0.3, 0.4) is 0 Å². The minimum atomic E-state index is -0.773. The molecular weight excluding hydrogens is 204 g/mol. The minimum Gasteiger partial charge on any atom is -0.481 e. The predicted octanol–water partition coefficient (Wildman–Crippen LogP) is 1.39. The number of methoxy groups -OCH3 is 1. The highest BCUT2D eigenvalue weighted by molar-refractivity contribution is 7.99. The number of hydrogen-bond acceptors (Lipinski definition) is 4. The van der Waals surface area contributed by atoms with E-state index < -0.39 is 5.97 Å². The van der Waals surface area contributed by atoms with Crippen LogP contribution >= 0.6 is 11.8 Å². The van der Waals surface area contributed by atoms with E-state index in [0.717, 1.165) is 12.2 Å². The fourth-order valence-corrected chi connectivity index (χ4v) is 1.76. The number of rotatable bonds is 7. The van der Waals surface area contributed by atoms with Crippen LogP contribution in [0.2, 0.25) is 0 Å². The Hall–Kier alpha value is -0.710. The summed E-state index contributed by atoms with van der Waals surface area (Å²) in [5.74, 6) is 0.0870. The van der Waals surface area contributed by atoms with Crippen molar-refractivity contribution in [2.75, 3.05) is 18.6 Å². The Morgan fingerprint density at radius 3 is 2.64 bits per heavy atom. The van der Waals surface area contributed by atoms with E-state index in [2.05, 4.69) is 4.74 Å². The Kier molecular flexibility index (Phi) is 7.28. The van der Waals surface area contributed by atoms with Gasteiger partial charge in [0.2, 0.25) is 0 Å². The number of carboxylic acids is 1. The molecule has 0 spiro atoms. The first-order valence-electron chi connectivity index (χ1n) is 4.45. The fourth-order valence-electron chi connectivity index (χ4n) is 0.752. The van der Waals surface area contributed by atoms with Gasteiger partial charge in [0.25, 0.3) is 0 Å². The average Bonchev–Trinajstić information content (AvgIpc) is 2.16. The first kappa shape index (κ1) is 13.3. The van der Waals surface area contributed by atoms with Crippen LogP contribution in [0, 0.1) is 5.92 Å². The summed E-state index contributed by atoms with van der Waals surface area (Å²) < 4.78 is 4.47. The SMILES string of the molecule is COC(=O)CCCSCC(C)C(=O)O. The quantitative estimate of drug-likeness (QED) is 0.519. The molecule has 1 unspecified atom stereocenters. The first-order valence-corrected chi connectivity index (χ1v) is 5.60. The van der Waals surface area contributed by atoms with Crippen molar-refractivity contribution in [2.45, 2.75) is 19.8 Å². The van der Waals surface area contributed by atoms with Crippen LogP contribution in [0.1, 0.15) is 19.8 Å². The number of carboxylic acid groups (broad SMARTS) is 1.